The number of phenolic OH excluding ortho intramolecular Hbond substituents is 1. The lowest BCUT2D eigenvalue weighted by Crippen LogP contribution is -2.56. The van der Waals surface area contributed by atoms with Gasteiger partial charge in [0.2, 0.25) is 5.91 Å². The maximum atomic E-state index is 12.9. The molecular weight excluding hydrogens is 370 g/mol. The van der Waals surface area contributed by atoms with Crippen molar-refractivity contribution in [2.24, 2.45) is 5.92 Å². The molecule has 1 aromatic carbocycles. The lowest BCUT2D eigenvalue weighted by atomic mass is 9.97. The number of hydrogen-bond acceptors (Lipinski definition) is 5. The highest BCUT2D eigenvalue weighted by molar-refractivity contribution is 5.85. The van der Waals surface area contributed by atoms with Gasteiger partial charge in [0.15, 0.2) is 0 Å². The third-order valence-corrected chi connectivity index (χ3v) is 5.52. The average Bonchev–Trinajstić information content (AvgIpc) is 2.67. The van der Waals surface area contributed by atoms with Crippen molar-refractivity contribution in [1.29, 1.82) is 0 Å². The number of aliphatic carboxylic acids is 1. The minimum Gasteiger partial charge on any atom is -0.506 e. The van der Waals surface area contributed by atoms with Crippen molar-refractivity contribution in [3.63, 3.8) is 0 Å². The van der Waals surface area contributed by atoms with Crippen molar-refractivity contribution in [2.75, 3.05) is 44.2 Å². The lowest BCUT2D eigenvalue weighted by Gasteiger charge is -2.40. The molecule has 2 fully saturated rings. The van der Waals surface area contributed by atoms with Gasteiger partial charge in [0, 0.05) is 32.7 Å². The van der Waals surface area contributed by atoms with E-state index in [2.05, 4.69) is 4.90 Å². The van der Waals surface area contributed by atoms with Gasteiger partial charge in [-0.1, -0.05) is 12.1 Å². The summed E-state index contributed by atoms with van der Waals surface area (Å²) in [5.74, 6) is -0.829. The number of rotatable bonds is 4. The van der Waals surface area contributed by atoms with Crippen LogP contribution in [0.25, 0.3) is 0 Å². The van der Waals surface area contributed by atoms with Gasteiger partial charge >= 0.3 is 5.97 Å². The van der Waals surface area contributed by atoms with Crippen molar-refractivity contribution in [3.8, 4) is 5.75 Å². The molecule has 7 nitrogen and oxygen atoms in total. The monoisotopic (exact) mass is 397 g/mol. The number of hydrogen-bond donors (Lipinski definition) is 2. The summed E-state index contributed by atoms with van der Waals surface area (Å²) in [5.41, 5.74) is 0.799. The van der Waals surface area contributed by atoms with E-state index in [9.17, 15) is 19.8 Å². The molecule has 0 bridgehead atoms. The summed E-state index contributed by atoms with van der Waals surface area (Å²) < 4.78 is 0. The van der Waals surface area contributed by atoms with Crippen LogP contribution in [0.15, 0.2) is 24.3 Å². The smallest absolute Gasteiger partial charge is 0.307 e. The average molecular weight is 398 g/mol. The number of phenols is 1. The van der Waals surface area contributed by atoms with E-state index in [1.54, 1.807) is 12.1 Å². The molecule has 27 heavy (non-hydrogen) atoms. The van der Waals surface area contributed by atoms with E-state index in [0.29, 0.717) is 39.1 Å². The first-order valence-corrected chi connectivity index (χ1v) is 9.26. The van der Waals surface area contributed by atoms with Crippen molar-refractivity contribution in [1.82, 2.24) is 9.80 Å². The molecule has 0 spiro atoms. The number of anilines is 1. The molecule has 0 radical (unpaired) electrons. The first kappa shape index (κ1) is 21.3. The van der Waals surface area contributed by atoms with Crippen LogP contribution in [-0.2, 0) is 9.59 Å². The standard InChI is InChI=1S/C19H27N3O4.ClH/c1-14(22-8-4-5-15(13-22)19(25)26)18(24)21-11-9-20(10-12-21)16-6-2-3-7-17(16)23;/h2-3,6-7,14-15,23H,4-5,8-13H2,1H3,(H,25,26);1H. The van der Waals surface area contributed by atoms with Gasteiger partial charge in [-0.3, -0.25) is 14.5 Å². The van der Waals surface area contributed by atoms with Crippen molar-refractivity contribution in [3.05, 3.63) is 24.3 Å². The fourth-order valence-electron chi connectivity index (χ4n) is 3.88. The van der Waals surface area contributed by atoms with E-state index in [1.165, 1.54) is 0 Å². The first-order valence-electron chi connectivity index (χ1n) is 9.26. The maximum Gasteiger partial charge on any atom is 0.307 e. The Morgan fingerprint density at radius 1 is 1.11 bits per heavy atom. The molecule has 0 saturated carbocycles. The molecular formula is C19H28ClN3O4. The molecule has 2 atom stereocenters. The third kappa shape index (κ3) is 4.84. The summed E-state index contributed by atoms with van der Waals surface area (Å²) in [6, 6.07) is 6.95. The quantitative estimate of drug-likeness (QED) is 0.803. The predicted molar refractivity (Wildman–Crippen MR) is 106 cm³/mol. The Morgan fingerprint density at radius 2 is 1.78 bits per heavy atom. The van der Waals surface area contributed by atoms with Crippen LogP contribution in [0, 0.1) is 5.92 Å². The van der Waals surface area contributed by atoms with E-state index in [0.717, 1.165) is 18.7 Å². The number of likely N-dealkylation sites (tertiary alicyclic amines) is 1. The second-order valence-corrected chi connectivity index (χ2v) is 7.15. The molecule has 1 aromatic rings. The predicted octanol–water partition coefficient (Wildman–Crippen LogP) is 1.65. The van der Waals surface area contributed by atoms with Gasteiger partial charge in [0.25, 0.3) is 0 Å². The molecule has 2 aliphatic rings. The number of carboxylic acids is 1. The van der Waals surface area contributed by atoms with Crippen molar-refractivity contribution in [2.45, 2.75) is 25.8 Å². The number of carbonyl (C=O) groups excluding carboxylic acids is 1. The van der Waals surface area contributed by atoms with Crippen LogP contribution in [0.5, 0.6) is 5.75 Å². The SMILES string of the molecule is CC(C(=O)N1CCN(c2ccccc2O)CC1)N1CCCC(C(=O)O)C1.Cl. The number of halogens is 1. The van der Waals surface area contributed by atoms with Gasteiger partial charge in [-0.2, -0.15) is 0 Å². The van der Waals surface area contributed by atoms with Gasteiger partial charge in [-0.15, -0.1) is 12.4 Å². The van der Waals surface area contributed by atoms with E-state index in [4.69, 9.17) is 0 Å². The Hall–Kier alpha value is -1.99. The third-order valence-electron chi connectivity index (χ3n) is 5.52. The van der Waals surface area contributed by atoms with Crippen LogP contribution in [0.4, 0.5) is 5.69 Å². The Bertz CT molecular complexity index is 664. The second kappa shape index (κ2) is 9.28. The highest BCUT2D eigenvalue weighted by Gasteiger charge is 2.33. The highest BCUT2D eigenvalue weighted by Crippen LogP contribution is 2.27. The van der Waals surface area contributed by atoms with Crippen LogP contribution in [0.2, 0.25) is 0 Å². The normalized spacial score (nSPS) is 22.0. The van der Waals surface area contributed by atoms with Crippen LogP contribution in [0.1, 0.15) is 19.8 Å². The van der Waals surface area contributed by atoms with Crippen LogP contribution >= 0.6 is 12.4 Å². The molecule has 2 heterocycles. The largest absolute Gasteiger partial charge is 0.506 e. The number of piperidine rings is 1. The van der Waals surface area contributed by atoms with Gasteiger partial charge in [0.05, 0.1) is 17.6 Å². The fraction of sp³-hybridized carbons (Fsp3) is 0.579. The fourth-order valence-corrected chi connectivity index (χ4v) is 3.88. The summed E-state index contributed by atoms with van der Waals surface area (Å²) in [6.45, 7) is 5.65. The van der Waals surface area contributed by atoms with Crippen LogP contribution < -0.4 is 4.90 Å². The molecule has 8 heteroatoms. The summed E-state index contributed by atoms with van der Waals surface area (Å²) in [5, 5.41) is 19.2. The minimum absolute atomic E-state index is 0. The van der Waals surface area contributed by atoms with E-state index < -0.39 is 5.97 Å². The van der Waals surface area contributed by atoms with Crippen LogP contribution in [0.3, 0.4) is 0 Å². The number of benzene rings is 1. The second-order valence-electron chi connectivity index (χ2n) is 7.15. The Labute approximate surface area is 166 Å². The zero-order valence-corrected chi connectivity index (χ0v) is 16.4. The molecule has 2 N–H and O–H groups in total. The van der Waals surface area contributed by atoms with Crippen molar-refractivity contribution >= 4 is 30.0 Å². The molecule has 150 valence electrons. The van der Waals surface area contributed by atoms with Gasteiger partial charge in [0.1, 0.15) is 5.75 Å². The molecule has 3 rings (SSSR count). The number of amides is 1. The van der Waals surface area contributed by atoms with E-state index >= 15 is 0 Å². The van der Waals surface area contributed by atoms with E-state index in [-0.39, 0.29) is 36.0 Å². The lowest BCUT2D eigenvalue weighted by molar-refractivity contribution is -0.146. The number of nitrogens with zero attached hydrogens (tertiary/aromatic N) is 3. The molecule has 1 amide bonds. The summed E-state index contributed by atoms with van der Waals surface area (Å²) in [4.78, 5) is 30.0. The number of aromatic hydroxyl groups is 1. The maximum absolute atomic E-state index is 12.9. The summed E-state index contributed by atoms with van der Waals surface area (Å²) in [6.07, 6.45) is 1.50. The number of para-hydroxylation sites is 2. The molecule has 0 aliphatic carbocycles. The number of carbonyl (C=O) groups is 2. The van der Waals surface area contributed by atoms with Crippen LogP contribution in [-0.4, -0.2) is 77.2 Å². The molecule has 0 aromatic heterocycles. The zero-order valence-electron chi connectivity index (χ0n) is 15.6. The molecule has 2 aliphatic heterocycles. The molecule has 2 unspecified atom stereocenters. The highest BCUT2D eigenvalue weighted by atomic mass is 35.5. The number of carboxylic acid groups (broad SMARTS) is 1. The van der Waals surface area contributed by atoms with Gasteiger partial charge < -0.3 is 20.0 Å². The number of piperazine rings is 1. The Balaban J connectivity index is 0.00000261. The van der Waals surface area contributed by atoms with Gasteiger partial charge in [-0.05, 0) is 38.4 Å². The topological polar surface area (TPSA) is 84.3 Å². The van der Waals surface area contributed by atoms with Crippen molar-refractivity contribution < 1.29 is 19.8 Å². The van der Waals surface area contributed by atoms with Gasteiger partial charge in [-0.25, -0.2) is 0 Å². The Kier molecular flexibility index (Phi) is 7.33. The summed E-state index contributed by atoms with van der Waals surface area (Å²) >= 11 is 0. The zero-order chi connectivity index (χ0) is 18.7. The summed E-state index contributed by atoms with van der Waals surface area (Å²) in [7, 11) is 0. The Morgan fingerprint density at radius 3 is 2.41 bits per heavy atom. The first-order chi connectivity index (χ1) is 12.5. The molecule has 2 saturated heterocycles. The minimum atomic E-state index is -0.773. The van der Waals surface area contributed by atoms with E-state index in [1.807, 2.05) is 28.9 Å².